The van der Waals surface area contributed by atoms with E-state index in [1.165, 1.54) is 0 Å². The fraction of sp³-hybridized carbons (Fsp3) is 0.857. The van der Waals surface area contributed by atoms with Gasteiger partial charge in [-0.15, -0.1) is 12.4 Å². The van der Waals surface area contributed by atoms with Crippen LogP contribution in [0.25, 0.3) is 0 Å². The molecule has 0 saturated heterocycles. The van der Waals surface area contributed by atoms with Crippen LogP contribution < -0.4 is 5.73 Å². The summed E-state index contributed by atoms with van der Waals surface area (Å²) in [5.74, 6) is 0.764. The van der Waals surface area contributed by atoms with E-state index in [0.29, 0.717) is 12.2 Å². The Morgan fingerprint density at radius 1 is 1.43 bits per heavy atom. The van der Waals surface area contributed by atoms with Crippen molar-refractivity contribution >= 4 is 39.2 Å². The standard InChI is InChI=1S/C7H16N2O2S2.ClH/c1-2-3-5-13(10,11)6-4-12-7(8)9;/h2-6H2,1H3,(H3,8,9);1H. The lowest BCUT2D eigenvalue weighted by atomic mass is 10.4. The highest BCUT2D eigenvalue weighted by Gasteiger charge is 2.09. The maximum Gasteiger partial charge on any atom is 0.151 e. The van der Waals surface area contributed by atoms with Gasteiger partial charge in [0, 0.05) is 5.75 Å². The van der Waals surface area contributed by atoms with E-state index in [1.807, 2.05) is 6.92 Å². The van der Waals surface area contributed by atoms with Crippen molar-refractivity contribution in [3.8, 4) is 0 Å². The smallest absolute Gasteiger partial charge is 0.151 e. The van der Waals surface area contributed by atoms with Gasteiger partial charge in [0.05, 0.1) is 11.5 Å². The van der Waals surface area contributed by atoms with E-state index in [2.05, 4.69) is 0 Å². The maximum atomic E-state index is 11.2. The molecule has 0 aliphatic rings. The summed E-state index contributed by atoms with van der Waals surface area (Å²) in [6, 6.07) is 0. The summed E-state index contributed by atoms with van der Waals surface area (Å²) in [4.78, 5) is 0. The Hall–Kier alpha value is 0.0600. The second-order valence-corrected chi connectivity index (χ2v) is 6.16. The topological polar surface area (TPSA) is 84.0 Å². The van der Waals surface area contributed by atoms with Gasteiger partial charge in [0.15, 0.2) is 15.0 Å². The number of hydrogen-bond acceptors (Lipinski definition) is 4. The molecule has 0 aromatic heterocycles. The number of unbranched alkanes of at least 4 members (excludes halogenated alkanes) is 1. The van der Waals surface area contributed by atoms with Gasteiger partial charge in [-0.1, -0.05) is 25.1 Å². The number of nitrogens with one attached hydrogen (secondary N) is 1. The summed E-state index contributed by atoms with van der Waals surface area (Å²) in [6.07, 6.45) is 1.60. The van der Waals surface area contributed by atoms with Crippen molar-refractivity contribution in [2.75, 3.05) is 17.3 Å². The van der Waals surface area contributed by atoms with Crippen LogP contribution in [0.1, 0.15) is 19.8 Å². The van der Waals surface area contributed by atoms with E-state index in [1.54, 1.807) is 0 Å². The average molecular weight is 261 g/mol. The zero-order chi connectivity index (χ0) is 10.3. The molecule has 0 amide bonds. The van der Waals surface area contributed by atoms with Crippen molar-refractivity contribution in [1.82, 2.24) is 0 Å². The molecule has 0 aromatic rings. The minimum atomic E-state index is -2.91. The molecule has 0 aromatic carbocycles. The summed E-state index contributed by atoms with van der Waals surface area (Å²) in [5, 5.41) is 6.86. The second-order valence-electron chi connectivity index (χ2n) is 2.72. The number of thioether (sulfide) groups is 1. The fourth-order valence-corrected chi connectivity index (χ4v) is 3.25. The number of hydrogen-bond donors (Lipinski definition) is 2. The number of halogens is 1. The third kappa shape index (κ3) is 10.1. The molecule has 3 N–H and O–H groups in total. The van der Waals surface area contributed by atoms with Crippen LogP contribution in [0.2, 0.25) is 0 Å². The molecular formula is C7H17ClN2O2S2. The van der Waals surface area contributed by atoms with Crippen molar-refractivity contribution in [3.63, 3.8) is 0 Å². The van der Waals surface area contributed by atoms with Crippen molar-refractivity contribution in [3.05, 3.63) is 0 Å². The molecule has 0 rings (SSSR count). The Kier molecular flexibility index (Phi) is 9.86. The van der Waals surface area contributed by atoms with Gasteiger partial charge in [-0.3, -0.25) is 5.41 Å². The first kappa shape index (κ1) is 16.5. The highest BCUT2D eigenvalue weighted by molar-refractivity contribution is 8.14. The molecular weight excluding hydrogens is 244 g/mol. The summed E-state index contributed by atoms with van der Waals surface area (Å²) in [7, 11) is -2.91. The van der Waals surface area contributed by atoms with E-state index in [4.69, 9.17) is 11.1 Å². The van der Waals surface area contributed by atoms with Gasteiger partial charge in [0.1, 0.15) is 0 Å². The highest BCUT2D eigenvalue weighted by atomic mass is 35.5. The van der Waals surface area contributed by atoms with Crippen LogP contribution in [-0.2, 0) is 9.84 Å². The molecule has 0 spiro atoms. The van der Waals surface area contributed by atoms with Crippen LogP contribution in [0.4, 0.5) is 0 Å². The highest BCUT2D eigenvalue weighted by Crippen LogP contribution is 2.03. The van der Waals surface area contributed by atoms with E-state index in [-0.39, 0.29) is 29.1 Å². The Labute approximate surface area is 95.9 Å². The number of nitrogens with two attached hydrogens (primary N) is 1. The minimum Gasteiger partial charge on any atom is -0.379 e. The molecule has 7 heteroatoms. The van der Waals surface area contributed by atoms with Gasteiger partial charge in [0.2, 0.25) is 0 Å². The Morgan fingerprint density at radius 2 is 2.00 bits per heavy atom. The molecule has 14 heavy (non-hydrogen) atoms. The van der Waals surface area contributed by atoms with Crippen molar-refractivity contribution in [2.45, 2.75) is 19.8 Å². The quantitative estimate of drug-likeness (QED) is 0.556. The Bertz CT molecular complexity index is 254. The predicted molar refractivity (Wildman–Crippen MR) is 65.2 cm³/mol. The third-order valence-electron chi connectivity index (χ3n) is 1.46. The first-order valence-corrected chi connectivity index (χ1v) is 6.96. The molecule has 0 saturated carbocycles. The molecule has 0 unspecified atom stereocenters. The first-order valence-electron chi connectivity index (χ1n) is 4.15. The molecule has 86 valence electrons. The zero-order valence-corrected chi connectivity index (χ0v) is 10.6. The van der Waals surface area contributed by atoms with Gasteiger partial charge in [-0.2, -0.15) is 0 Å². The van der Waals surface area contributed by atoms with Crippen LogP contribution in [0.15, 0.2) is 0 Å². The van der Waals surface area contributed by atoms with Crippen LogP contribution in [0.5, 0.6) is 0 Å². The van der Waals surface area contributed by atoms with Gasteiger partial charge >= 0.3 is 0 Å². The normalized spacial score (nSPS) is 10.6. The molecule has 0 heterocycles. The SMILES string of the molecule is CCCCS(=O)(=O)CCSC(=N)N.Cl. The molecule has 0 atom stereocenters. The summed E-state index contributed by atoms with van der Waals surface area (Å²) in [5.41, 5.74) is 5.07. The largest absolute Gasteiger partial charge is 0.379 e. The first-order chi connectivity index (χ1) is 5.98. The third-order valence-corrected chi connectivity index (χ3v) is 4.18. The minimum absolute atomic E-state index is 0. The lowest BCUT2D eigenvalue weighted by molar-refractivity contribution is 0.594. The second kappa shape index (κ2) is 8.38. The molecule has 0 fully saturated rings. The molecule has 0 radical (unpaired) electrons. The van der Waals surface area contributed by atoms with Crippen LogP contribution in [0, 0.1) is 5.41 Å². The zero-order valence-electron chi connectivity index (χ0n) is 8.15. The molecule has 4 nitrogen and oxygen atoms in total. The monoisotopic (exact) mass is 260 g/mol. The predicted octanol–water partition coefficient (Wildman–Crippen LogP) is 1.25. The van der Waals surface area contributed by atoms with Crippen LogP contribution >= 0.6 is 24.2 Å². The van der Waals surface area contributed by atoms with Gasteiger partial charge < -0.3 is 5.73 Å². The number of rotatable bonds is 6. The van der Waals surface area contributed by atoms with Crippen molar-refractivity contribution in [2.24, 2.45) is 5.73 Å². The van der Waals surface area contributed by atoms with Gasteiger partial charge in [-0.25, -0.2) is 8.42 Å². The Morgan fingerprint density at radius 3 is 2.43 bits per heavy atom. The maximum absolute atomic E-state index is 11.2. The molecule has 0 bridgehead atoms. The average Bonchev–Trinajstić information content (AvgIpc) is 2.00. The van der Waals surface area contributed by atoms with E-state index in [9.17, 15) is 8.42 Å². The summed E-state index contributed by atoms with van der Waals surface area (Å²) < 4.78 is 22.5. The summed E-state index contributed by atoms with van der Waals surface area (Å²) >= 11 is 1.07. The summed E-state index contributed by atoms with van der Waals surface area (Å²) in [6.45, 7) is 1.96. The van der Waals surface area contributed by atoms with Crippen LogP contribution in [0.3, 0.4) is 0 Å². The van der Waals surface area contributed by atoms with Crippen molar-refractivity contribution < 1.29 is 8.42 Å². The van der Waals surface area contributed by atoms with Crippen molar-refractivity contribution in [1.29, 1.82) is 5.41 Å². The van der Waals surface area contributed by atoms with Gasteiger partial charge in [0.25, 0.3) is 0 Å². The van der Waals surface area contributed by atoms with E-state index in [0.717, 1.165) is 18.2 Å². The van der Waals surface area contributed by atoms with E-state index < -0.39 is 9.84 Å². The number of sulfone groups is 1. The van der Waals surface area contributed by atoms with Crippen LogP contribution in [-0.4, -0.2) is 30.8 Å². The van der Waals surface area contributed by atoms with E-state index >= 15 is 0 Å². The molecule has 0 aliphatic carbocycles. The number of amidine groups is 1. The Balaban J connectivity index is 0. The lowest BCUT2D eigenvalue weighted by Crippen LogP contribution is -2.15. The lowest BCUT2D eigenvalue weighted by Gasteiger charge is -2.01. The van der Waals surface area contributed by atoms with Gasteiger partial charge in [-0.05, 0) is 6.42 Å². The molecule has 0 aliphatic heterocycles. The fourth-order valence-electron chi connectivity index (χ4n) is 0.745.